The third-order valence-corrected chi connectivity index (χ3v) is 13.9. The molecular weight excluding hydrogens is 1420 g/mol. The number of ether oxygens (including phenoxy) is 12. The second-order valence-corrected chi connectivity index (χ2v) is 22.1. The first-order valence-electron chi connectivity index (χ1n) is 32.9. The summed E-state index contributed by atoms with van der Waals surface area (Å²) in [6.45, 7) is 2.68. The van der Waals surface area contributed by atoms with Crippen LogP contribution in [0.1, 0.15) is 77.8 Å². The van der Waals surface area contributed by atoms with Crippen LogP contribution in [0, 0.1) is 0 Å². The number of esters is 3. The molecule has 572 valence electrons. The van der Waals surface area contributed by atoms with Gasteiger partial charge in [0.2, 0.25) is 11.7 Å². The lowest BCUT2D eigenvalue weighted by Crippen LogP contribution is -2.35. The quantitative estimate of drug-likeness (QED) is 0.0109. The molecule has 7 rings (SSSR count). The van der Waals surface area contributed by atoms with Gasteiger partial charge < -0.3 is 98.7 Å². The number of carboxylic acids is 3. The topological polar surface area (TPSA) is 511 Å². The van der Waals surface area contributed by atoms with Gasteiger partial charge in [0.25, 0.3) is 23.6 Å². The van der Waals surface area contributed by atoms with Gasteiger partial charge in [-0.15, -0.1) is 15.3 Å². The van der Waals surface area contributed by atoms with E-state index in [-0.39, 0.29) is 182 Å². The molecule has 5 amide bonds. The predicted molar refractivity (Wildman–Crippen MR) is 361 cm³/mol. The van der Waals surface area contributed by atoms with Crippen molar-refractivity contribution in [2.75, 3.05) is 113 Å². The maximum Gasteiger partial charge on any atom is 0.322 e. The van der Waals surface area contributed by atoms with Crippen molar-refractivity contribution in [2.45, 2.75) is 58.5 Å². The van der Waals surface area contributed by atoms with Crippen molar-refractivity contribution in [3.8, 4) is 34.5 Å². The van der Waals surface area contributed by atoms with E-state index in [4.69, 9.17) is 72.2 Å². The van der Waals surface area contributed by atoms with Crippen molar-refractivity contribution >= 4 is 65.4 Å². The van der Waals surface area contributed by atoms with Crippen molar-refractivity contribution in [3.63, 3.8) is 0 Å². The molecule has 8 N–H and O–H groups in total. The minimum atomic E-state index is -1.33. The molecule has 0 bridgehead atoms. The second-order valence-electron chi connectivity index (χ2n) is 22.1. The van der Waals surface area contributed by atoms with E-state index in [9.17, 15) is 52.7 Å². The Morgan fingerprint density at radius 2 is 0.654 bits per heavy atom. The van der Waals surface area contributed by atoms with Crippen molar-refractivity contribution in [1.29, 1.82) is 0 Å². The minimum absolute atomic E-state index is 0.0289. The monoisotopic (exact) mass is 1490 g/mol. The summed E-state index contributed by atoms with van der Waals surface area (Å²) in [6, 6.07) is 19.6. The Kier molecular flexibility index (Phi) is 34.4. The van der Waals surface area contributed by atoms with Crippen LogP contribution in [-0.4, -0.2) is 238 Å². The molecule has 0 radical (unpaired) electrons. The molecule has 0 fully saturated rings. The maximum atomic E-state index is 13.5. The molecule has 0 saturated carbocycles. The van der Waals surface area contributed by atoms with Crippen LogP contribution in [0.2, 0.25) is 0 Å². The average Bonchev–Trinajstić information content (AvgIpc) is 1.79. The Hall–Kier alpha value is -12.4. The van der Waals surface area contributed by atoms with Crippen molar-refractivity contribution < 1.29 is 125 Å². The second kappa shape index (κ2) is 45.0. The Labute approximate surface area is 608 Å². The van der Waals surface area contributed by atoms with Crippen LogP contribution < -0.4 is 55.0 Å². The molecule has 0 atom stereocenters. The largest absolute Gasteiger partial charge is 0.487 e. The number of rotatable bonds is 51. The van der Waals surface area contributed by atoms with Gasteiger partial charge in [0.15, 0.2) is 11.5 Å². The molecule has 0 aliphatic carbocycles. The number of aliphatic carboxylic acids is 3. The number of nitrogens with zero attached hydrogens (tertiary/aromatic N) is 9. The molecule has 3 heterocycles. The fourth-order valence-corrected chi connectivity index (χ4v) is 8.78. The molecule has 0 aliphatic heterocycles. The van der Waals surface area contributed by atoms with E-state index in [0.717, 1.165) is 0 Å². The number of carbonyl (C=O) groups is 11. The summed E-state index contributed by atoms with van der Waals surface area (Å²) in [6.07, 6.45) is 2.50. The molecular formula is C67H78N14O26. The number of likely N-dealkylation sites (N-methyl/N-ethyl adjacent to an activating group) is 1. The lowest BCUT2D eigenvalue weighted by molar-refractivity contribution is -0.147. The Morgan fingerprint density at radius 1 is 0.364 bits per heavy atom. The summed E-state index contributed by atoms with van der Waals surface area (Å²) in [5.74, 6) is -8.70. The molecule has 0 spiro atoms. The van der Waals surface area contributed by atoms with Crippen molar-refractivity contribution in [1.82, 2.24) is 71.6 Å². The van der Waals surface area contributed by atoms with Crippen LogP contribution in [0.15, 0.2) is 104 Å². The molecule has 4 aromatic carbocycles. The van der Waals surface area contributed by atoms with Crippen LogP contribution >= 0.6 is 0 Å². The third kappa shape index (κ3) is 31.2. The summed E-state index contributed by atoms with van der Waals surface area (Å²) in [5.41, 5.74) is 2.24. The summed E-state index contributed by atoms with van der Waals surface area (Å²) in [5, 5.41) is 63.9. The van der Waals surface area contributed by atoms with E-state index in [2.05, 4.69) is 57.5 Å². The molecule has 40 heteroatoms. The zero-order valence-electron chi connectivity index (χ0n) is 57.7. The zero-order valence-corrected chi connectivity index (χ0v) is 57.7. The van der Waals surface area contributed by atoms with Gasteiger partial charge in [-0.25, -0.2) is 14.0 Å². The first-order chi connectivity index (χ1) is 51.7. The first kappa shape index (κ1) is 81.9. The highest BCUT2D eigenvalue weighted by molar-refractivity contribution is 5.98. The molecule has 40 nitrogen and oxygen atoms in total. The number of nitrogens with one attached hydrogen (secondary N) is 5. The van der Waals surface area contributed by atoms with Gasteiger partial charge in [0.05, 0.1) is 144 Å². The number of hydrogen-bond donors (Lipinski definition) is 8. The molecule has 0 saturated heterocycles. The Bertz CT molecular complexity index is 3910. The third-order valence-electron chi connectivity index (χ3n) is 13.9. The summed E-state index contributed by atoms with van der Waals surface area (Å²) >= 11 is 0. The molecule has 7 aromatic rings. The van der Waals surface area contributed by atoms with Gasteiger partial charge >= 0.3 is 35.8 Å². The molecule has 107 heavy (non-hydrogen) atoms. The summed E-state index contributed by atoms with van der Waals surface area (Å²) in [4.78, 5) is 131. The van der Waals surface area contributed by atoms with Crippen molar-refractivity contribution in [2.24, 2.45) is 0 Å². The standard InChI is InChI=1S/C67H78N14O26/c1-68-56(82)40-72-67(95)47-32-54(102-29-26-99-23-20-96-17-14-79-41-48(73-76-79)37-69-64(92)44-2-8-51(9-3-44)105-60(89)34-57(83)84)63(104-31-28-101-25-22-98-19-16-81-43-50(75-78-81)39-71-66(94)46-6-12-53(13-7-46)107-62(91)36-59(87)88)55(33-47)103-30-27-100-24-21-97-18-15-80-42-49(74-77-80)38-70-65(93)45-4-10-52(11-5-45)106-61(90)35-58(85)86/h2-13,32-33,41-43H,14-31,34-40H2,1H3,(H,68,82)(H,69,92)(H,70,93)(H,71,94)(H,72,95)(H,83,84)(H,85,86)(H,87,88). The average molecular weight is 1500 g/mol. The Morgan fingerprint density at radius 3 is 0.963 bits per heavy atom. The van der Waals surface area contributed by atoms with E-state index in [0.29, 0.717) is 36.7 Å². The van der Waals surface area contributed by atoms with E-state index in [1.54, 1.807) is 18.6 Å². The number of benzene rings is 4. The number of aromatic nitrogens is 9. The van der Waals surface area contributed by atoms with Crippen LogP contribution in [0.4, 0.5) is 0 Å². The van der Waals surface area contributed by atoms with Gasteiger partial charge in [-0.3, -0.25) is 52.7 Å². The SMILES string of the molecule is CNC(=O)CNC(=O)c1cc(OCCOCCOCCn2cc(CNC(=O)c3ccc(OC(=O)CC(=O)O)cc3)nn2)c(OCCOCCOCCn2cc(CNC(=O)c3ccc(OC(=O)CC(=O)O)cc3)nn2)c(OCCOCCOCCn2cc(CNC(=O)c3ccc(OC(=O)CC(=O)O)cc3)nn2)c1. The van der Waals surface area contributed by atoms with E-state index >= 15 is 0 Å². The number of carbonyl (C=O) groups excluding carboxylic acids is 8. The lowest BCUT2D eigenvalue weighted by Gasteiger charge is -2.19. The number of carboxylic acid groups (broad SMARTS) is 3. The zero-order chi connectivity index (χ0) is 76.6. The van der Waals surface area contributed by atoms with Gasteiger partial charge in [0, 0.05) is 29.3 Å². The molecule has 0 aliphatic rings. The molecule has 0 unspecified atom stereocenters. The highest BCUT2D eigenvalue weighted by Gasteiger charge is 2.22. The van der Waals surface area contributed by atoms with Crippen LogP contribution in [0.3, 0.4) is 0 Å². The van der Waals surface area contributed by atoms with E-state index in [1.165, 1.54) is 106 Å². The maximum absolute atomic E-state index is 13.5. The molecule has 3 aromatic heterocycles. The summed E-state index contributed by atoms with van der Waals surface area (Å²) < 4.78 is 72.6. The highest BCUT2D eigenvalue weighted by atomic mass is 16.6. The Balaban J connectivity index is 0.848. The number of amides is 5. The van der Waals surface area contributed by atoms with E-state index < -0.39 is 84.6 Å². The fraction of sp³-hybridized carbons (Fsp3) is 0.388. The summed E-state index contributed by atoms with van der Waals surface area (Å²) in [7, 11) is 1.42. The fourth-order valence-electron chi connectivity index (χ4n) is 8.78. The number of hydrogen-bond acceptors (Lipinski definition) is 29. The van der Waals surface area contributed by atoms with Crippen LogP contribution in [0.25, 0.3) is 0 Å². The van der Waals surface area contributed by atoms with Gasteiger partial charge in [-0.05, 0) is 84.9 Å². The van der Waals surface area contributed by atoms with Gasteiger partial charge in [-0.1, -0.05) is 15.6 Å². The van der Waals surface area contributed by atoms with Crippen LogP contribution in [-0.2, 0) is 101 Å². The highest BCUT2D eigenvalue weighted by Crippen LogP contribution is 2.39. The predicted octanol–water partition coefficient (Wildman–Crippen LogP) is 0.204. The van der Waals surface area contributed by atoms with E-state index in [1.807, 2.05) is 0 Å². The minimum Gasteiger partial charge on any atom is -0.487 e. The lowest BCUT2D eigenvalue weighted by atomic mass is 10.1. The smallest absolute Gasteiger partial charge is 0.322 e. The van der Waals surface area contributed by atoms with Crippen molar-refractivity contribution in [3.05, 3.63) is 143 Å². The normalized spacial score (nSPS) is 10.9. The first-order valence-corrected chi connectivity index (χ1v) is 32.9. The van der Waals surface area contributed by atoms with Crippen LogP contribution in [0.5, 0.6) is 34.5 Å². The van der Waals surface area contributed by atoms with Gasteiger partial charge in [0.1, 0.15) is 73.4 Å². The van der Waals surface area contributed by atoms with Gasteiger partial charge in [-0.2, -0.15) is 0 Å².